The summed E-state index contributed by atoms with van der Waals surface area (Å²) < 4.78 is 14.6. The van der Waals surface area contributed by atoms with Crippen LogP contribution in [0.15, 0.2) is 27.7 Å². The fraction of sp³-hybridized carbons (Fsp3) is 0.375. The van der Waals surface area contributed by atoms with E-state index in [-0.39, 0.29) is 12.4 Å². The number of rotatable bonds is 5. The number of aromatic nitrogens is 1. The van der Waals surface area contributed by atoms with E-state index in [9.17, 15) is 4.39 Å². The van der Waals surface area contributed by atoms with Crippen LogP contribution in [-0.4, -0.2) is 17.5 Å². The zero-order chi connectivity index (χ0) is 16.8. The van der Waals surface area contributed by atoms with E-state index in [0.717, 1.165) is 21.7 Å². The van der Waals surface area contributed by atoms with E-state index in [0.29, 0.717) is 18.1 Å². The molecule has 0 aliphatic rings. The number of thiazole rings is 1. The molecule has 124 valence electrons. The van der Waals surface area contributed by atoms with Crippen LogP contribution in [0.25, 0.3) is 0 Å². The molecule has 4 nitrogen and oxygen atoms in total. The highest BCUT2D eigenvalue weighted by Gasteiger charge is 2.07. The molecular weight excluding hydrogens is 379 g/mol. The molecule has 0 spiro atoms. The molecule has 0 aliphatic heterocycles. The predicted octanol–water partition coefficient (Wildman–Crippen LogP) is 3.92. The van der Waals surface area contributed by atoms with Crippen molar-refractivity contribution in [1.82, 2.24) is 15.6 Å². The lowest BCUT2D eigenvalue weighted by molar-refractivity contribution is 0.610. The molecule has 2 N–H and O–H groups in total. The van der Waals surface area contributed by atoms with Gasteiger partial charge in [-0.25, -0.2) is 14.4 Å². The quantitative estimate of drug-likeness (QED) is 0.592. The van der Waals surface area contributed by atoms with Crippen molar-refractivity contribution in [1.29, 1.82) is 0 Å². The van der Waals surface area contributed by atoms with Gasteiger partial charge in [-0.1, -0.05) is 15.9 Å². The van der Waals surface area contributed by atoms with Crippen molar-refractivity contribution in [2.75, 3.05) is 6.54 Å². The predicted molar refractivity (Wildman–Crippen MR) is 97.3 cm³/mol. The van der Waals surface area contributed by atoms with Crippen LogP contribution in [0, 0.1) is 19.7 Å². The van der Waals surface area contributed by atoms with Crippen LogP contribution in [0.1, 0.15) is 28.1 Å². The van der Waals surface area contributed by atoms with Gasteiger partial charge in [0.2, 0.25) is 0 Å². The number of hydrogen-bond acceptors (Lipinski definition) is 3. The van der Waals surface area contributed by atoms with Gasteiger partial charge in [-0.05, 0) is 39.0 Å². The van der Waals surface area contributed by atoms with Gasteiger partial charge in [-0.15, -0.1) is 11.3 Å². The molecule has 0 unspecified atom stereocenters. The summed E-state index contributed by atoms with van der Waals surface area (Å²) in [7, 11) is 0. The van der Waals surface area contributed by atoms with Crippen LogP contribution >= 0.6 is 27.3 Å². The van der Waals surface area contributed by atoms with Crippen molar-refractivity contribution in [2.45, 2.75) is 33.9 Å². The Morgan fingerprint density at radius 3 is 2.78 bits per heavy atom. The fourth-order valence-corrected chi connectivity index (χ4v) is 3.36. The van der Waals surface area contributed by atoms with E-state index < -0.39 is 0 Å². The van der Waals surface area contributed by atoms with E-state index in [1.54, 1.807) is 23.5 Å². The molecule has 0 bridgehead atoms. The minimum Gasteiger partial charge on any atom is -0.357 e. The lowest BCUT2D eigenvalue weighted by Crippen LogP contribution is -2.36. The molecule has 0 fully saturated rings. The van der Waals surface area contributed by atoms with Crippen LogP contribution in [0.4, 0.5) is 4.39 Å². The third kappa shape index (κ3) is 5.28. The Hall–Kier alpha value is -1.47. The molecule has 23 heavy (non-hydrogen) atoms. The van der Waals surface area contributed by atoms with Crippen molar-refractivity contribution in [3.8, 4) is 0 Å². The highest BCUT2D eigenvalue weighted by atomic mass is 79.9. The van der Waals surface area contributed by atoms with Crippen LogP contribution in [0.5, 0.6) is 0 Å². The minimum absolute atomic E-state index is 0.248. The van der Waals surface area contributed by atoms with Crippen molar-refractivity contribution in [3.63, 3.8) is 0 Å². The molecule has 1 heterocycles. The molecule has 0 atom stereocenters. The van der Waals surface area contributed by atoms with Crippen molar-refractivity contribution < 1.29 is 4.39 Å². The number of aryl methyl sites for hydroxylation is 2. The van der Waals surface area contributed by atoms with Crippen LogP contribution in [0.3, 0.4) is 0 Å². The number of hydrogen-bond donors (Lipinski definition) is 2. The lowest BCUT2D eigenvalue weighted by atomic mass is 10.2. The molecule has 1 aromatic heterocycles. The smallest absolute Gasteiger partial charge is 0.191 e. The second-order valence-electron chi connectivity index (χ2n) is 5.03. The first-order valence-corrected chi connectivity index (χ1v) is 8.99. The van der Waals surface area contributed by atoms with Gasteiger partial charge in [0, 0.05) is 21.5 Å². The van der Waals surface area contributed by atoms with E-state index in [1.165, 1.54) is 10.9 Å². The zero-order valence-corrected chi connectivity index (χ0v) is 15.8. The van der Waals surface area contributed by atoms with E-state index in [2.05, 4.69) is 36.5 Å². The number of halogens is 2. The van der Waals surface area contributed by atoms with Gasteiger partial charge in [-0.2, -0.15) is 0 Å². The second-order valence-corrected chi connectivity index (χ2v) is 7.23. The molecule has 2 aromatic rings. The standard InChI is InChI=1S/C16H20BrFN4S/c1-4-19-16(21-9-15-10(2)22-11(3)23-15)20-8-12-7-13(17)5-6-14(12)18/h5-7H,4,8-9H2,1-3H3,(H2,19,20,21). The number of guanidine groups is 1. The summed E-state index contributed by atoms with van der Waals surface area (Å²) in [4.78, 5) is 10.1. The normalized spacial score (nSPS) is 11.6. The van der Waals surface area contributed by atoms with Gasteiger partial charge < -0.3 is 10.6 Å². The Kier molecular flexibility index (Phi) is 6.53. The summed E-state index contributed by atoms with van der Waals surface area (Å²) in [5.74, 6) is 0.416. The van der Waals surface area contributed by atoms with E-state index >= 15 is 0 Å². The van der Waals surface area contributed by atoms with Crippen LogP contribution < -0.4 is 10.6 Å². The minimum atomic E-state index is -0.248. The topological polar surface area (TPSA) is 49.3 Å². The molecule has 0 saturated heterocycles. The summed E-state index contributed by atoms with van der Waals surface area (Å²) in [5, 5.41) is 7.50. The maximum absolute atomic E-state index is 13.8. The Morgan fingerprint density at radius 2 is 2.13 bits per heavy atom. The van der Waals surface area contributed by atoms with Gasteiger partial charge in [0.05, 0.1) is 23.8 Å². The first-order chi connectivity index (χ1) is 11.0. The molecule has 0 radical (unpaired) electrons. The number of aliphatic imine (C=N–C) groups is 1. The van der Waals surface area contributed by atoms with Gasteiger partial charge in [0.25, 0.3) is 0 Å². The first kappa shape index (κ1) is 17.9. The average molecular weight is 399 g/mol. The molecule has 0 saturated carbocycles. The highest BCUT2D eigenvalue weighted by molar-refractivity contribution is 9.10. The van der Waals surface area contributed by atoms with E-state index in [4.69, 9.17) is 0 Å². The molecule has 2 rings (SSSR count). The Balaban J connectivity index is 2.05. The Labute approximate surface area is 148 Å². The maximum atomic E-state index is 13.8. The van der Waals surface area contributed by atoms with Crippen LogP contribution in [0.2, 0.25) is 0 Å². The summed E-state index contributed by atoms with van der Waals surface area (Å²) in [6.45, 7) is 7.68. The van der Waals surface area contributed by atoms with E-state index in [1.807, 2.05) is 20.8 Å². The highest BCUT2D eigenvalue weighted by Crippen LogP contribution is 2.17. The van der Waals surface area contributed by atoms with Gasteiger partial charge in [0.1, 0.15) is 5.82 Å². The molecule has 1 aromatic carbocycles. The summed E-state index contributed by atoms with van der Waals surface area (Å²) in [6, 6.07) is 4.87. The SMILES string of the molecule is CCNC(=NCc1cc(Br)ccc1F)NCc1sc(C)nc1C. The Morgan fingerprint density at radius 1 is 1.35 bits per heavy atom. The van der Waals surface area contributed by atoms with Gasteiger partial charge in [-0.3, -0.25) is 0 Å². The molecule has 7 heteroatoms. The second kappa shape index (κ2) is 8.40. The molecule has 0 amide bonds. The monoisotopic (exact) mass is 398 g/mol. The fourth-order valence-electron chi connectivity index (χ4n) is 2.07. The third-order valence-electron chi connectivity index (χ3n) is 3.18. The van der Waals surface area contributed by atoms with Gasteiger partial charge in [0.15, 0.2) is 5.96 Å². The van der Waals surface area contributed by atoms with Crippen LogP contribution in [-0.2, 0) is 13.1 Å². The number of nitrogens with one attached hydrogen (secondary N) is 2. The largest absolute Gasteiger partial charge is 0.357 e. The lowest BCUT2D eigenvalue weighted by Gasteiger charge is -2.11. The number of benzene rings is 1. The molecule has 0 aliphatic carbocycles. The van der Waals surface area contributed by atoms with Crippen molar-refractivity contribution >= 4 is 33.2 Å². The first-order valence-electron chi connectivity index (χ1n) is 7.38. The van der Waals surface area contributed by atoms with Gasteiger partial charge >= 0.3 is 0 Å². The summed E-state index contributed by atoms with van der Waals surface area (Å²) >= 11 is 5.02. The summed E-state index contributed by atoms with van der Waals surface area (Å²) in [6.07, 6.45) is 0. The Bertz CT molecular complexity index is 699. The summed E-state index contributed by atoms with van der Waals surface area (Å²) in [5.41, 5.74) is 1.59. The van der Waals surface area contributed by atoms with Crippen molar-refractivity contribution in [2.24, 2.45) is 4.99 Å². The molecular formula is C16H20BrFN4S. The maximum Gasteiger partial charge on any atom is 0.191 e. The third-order valence-corrected chi connectivity index (χ3v) is 4.74. The average Bonchev–Trinajstić information content (AvgIpc) is 2.83. The number of nitrogens with zero attached hydrogens (tertiary/aromatic N) is 2. The zero-order valence-electron chi connectivity index (χ0n) is 13.4. The van der Waals surface area contributed by atoms with Crippen molar-refractivity contribution in [3.05, 3.63) is 49.6 Å².